The van der Waals surface area contributed by atoms with Crippen LogP contribution < -0.4 is 4.74 Å². The first-order chi connectivity index (χ1) is 10.8. The molecule has 0 spiro atoms. The summed E-state index contributed by atoms with van der Waals surface area (Å²) in [6.45, 7) is 0. The summed E-state index contributed by atoms with van der Waals surface area (Å²) in [6.07, 6.45) is 3.30. The Balaban J connectivity index is 2.03. The Morgan fingerprint density at radius 1 is 0.909 bits per heavy atom. The smallest absolute Gasteiger partial charge is 0.186 e. The number of carbonyl (C=O) groups excluding carboxylic acids is 1. The van der Waals surface area contributed by atoms with E-state index in [0.29, 0.717) is 11.4 Å². The van der Waals surface area contributed by atoms with Crippen molar-refractivity contribution in [3.05, 3.63) is 59.8 Å². The predicted molar refractivity (Wildman–Crippen MR) is 84.9 cm³/mol. The summed E-state index contributed by atoms with van der Waals surface area (Å²) in [7, 11) is 1.63. The van der Waals surface area contributed by atoms with Crippen molar-refractivity contribution in [2.45, 2.75) is 0 Å². The molecule has 0 amide bonds. The molecule has 0 radical (unpaired) electrons. The molecule has 1 aromatic heterocycles. The number of para-hydroxylation sites is 1. The van der Waals surface area contributed by atoms with Crippen molar-refractivity contribution in [2.24, 2.45) is 0 Å². The Hall–Kier alpha value is -3.01. The van der Waals surface area contributed by atoms with Crippen molar-refractivity contribution in [1.29, 1.82) is 0 Å². The van der Waals surface area contributed by atoms with Crippen LogP contribution >= 0.6 is 0 Å². The molecular weight excluding hydrogens is 276 g/mol. The second kappa shape index (κ2) is 4.77. The molecule has 4 nitrogen and oxygen atoms in total. The molecule has 106 valence electrons. The van der Waals surface area contributed by atoms with E-state index in [1.807, 2.05) is 42.5 Å². The standard InChI is InChI=1S/C18H12N2O2/c1-22-16-8-3-2-5-12(16)18-19-13-7-4-6-11-15(21)10-9-14(20-18)17(11)13/h2-10H,1H3. The number of rotatable bonds is 2. The van der Waals surface area contributed by atoms with Gasteiger partial charge in [-0.1, -0.05) is 24.3 Å². The first kappa shape index (κ1) is 12.7. The summed E-state index contributed by atoms with van der Waals surface area (Å²) in [5.74, 6) is 1.31. The summed E-state index contributed by atoms with van der Waals surface area (Å²) >= 11 is 0. The summed E-state index contributed by atoms with van der Waals surface area (Å²) in [5, 5.41) is 0.814. The van der Waals surface area contributed by atoms with Gasteiger partial charge in [-0.2, -0.15) is 0 Å². The van der Waals surface area contributed by atoms with Gasteiger partial charge in [-0.05, 0) is 30.4 Å². The number of methoxy groups -OCH3 is 1. The van der Waals surface area contributed by atoms with E-state index in [1.165, 1.54) is 0 Å². The number of ketones is 1. The Kier molecular flexibility index (Phi) is 2.76. The summed E-state index contributed by atoms with van der Waals surface area (Å²) < 4.78 is 5.39. The lowest BCUT2D eigenvalue weighted by molar-refractivity contribution is 0.104. The molecule has 2 aromatic carbocycles. The van der Waals surface area contributed by atoms with Crippen molar-refractivity contribution in [1.82, 2.24) is 9.97 Å². The minimum atomic E-state index is -0.00765. The van der Waals surface area contributed by atoms with Gasteiger partial charge in [0.2, 0.25) is 0 Å². The van der Waals surface area contributed by atoms with Crippen molar-refractivity contribution >= 4 is 22.8 Å². The van der Waals surface area contributed by atoms with Gasteiger partial charge in [-0.15, -0.1) is 0 Å². The number of allylic oxidation sites excluding steroid dienone is 1. The lowest BCUT2D eigenvalue weighted by Gasteiger charge is -2.13. The third-order valence-electron chi connectivity index (χ3n) is 3.76. The first-order valence-corrected chi connectivity index (χ1v) is 6.94. The van der Waals surface area contributed by atoms with Crippen molar-refractivity contribution < 1.29 is 9.53 Å². The second-order valence-electron chi connectivity index (χ2n) is 5.03. The van der Waals surface area contributed by atoms with Gasteiger partial charge in [0.25, 0.3) is 0 Å². The van der Waals surface area contributed by atoms with Crippen molar-refractivity contribution in [3.63, 3.8) is 0 Å². The fraction of sp³-hybridized carbons (Fsp3) is 0.0556. The fourth-order valence-corrected chi connectivity index (χ4v) is 2.73. The average Bonchev–Trinajstić information content (AvgIpc) is 2.58. The van der Waals surface area contributed by atoms with Gasteiger partial charge in [0.1, 0.15) is 5.75 Å². The molecule has 0 saturated carbocycles. The van der Waals surface area contributed by atoms with E-state index < -0.39 is 0 Å². The number of carbonyl (C=O) groups is 1. The summed E-state index contributed by atoms with van der Waals surface area (Å²) in [6, 6.07) is 13.2. The molecule has 22 heavy (non-hydrogen) atoms. The summed E-state index contributed by atoms with van der Waals surface area (Å²) in [4.78, 5) is 21.2. The zero-order valence-electron chi connectivity index (χ0n) is 11.9. The van der Waals surface area contributed by atoms with E-state index >= 15 is 0 Å². The van der Waals surface area contributed by atoms with Gasteiger partial charge in [-0.25, -0.2) is 9.97 Å². The zero-order chi connectivity index (χ0) is 15.1. The van der Waals surface area contributed by atoms with Crippen LogP contribution in [0.3, 0.4) is 0 Å². The maximum atomic E-state index is 12.0. The van der Waals surface area contributed by atoms with Crippen LogP contribution in [0.4, 0.5) is 0 Å². The minimum Gasteiger partial charge on any atom is -0.496 e. The summed E-state index contributed by atoms with van der Waals surface area (Å²) in [5.41, 5.74) is 3.02. The Labute approximate surface area is 127 Å². The number of ether oxygens (including phenoxy) is 1. The topological polar surface area (TPSA) is 52.1 Å². The van der Waals surface area contributed by atoms with Crippen LogP contribution in [-0.2, 0) is 0 Å². The van der Waals surface area contributed by atoms with Crippen molar-refractivity contribution in [3.8, 4) is 17.1 Å². The maximum Gasteiger partial charge on any atom is 0.186 e. The number of benzene rings is 2. The maximum absolute atomic E-state index is 12.0. The largest absolute Gasteiger partial charge is 0.496 e. The number of hydrogen-bond donors (Lipinski definition) is 0. The molecule has 0 atom stereocenters. The normalized spacial score (nSPS) is 12.7. The zero-order valence-corrected chi connectivity index (χ0v) is 11.9. The SMILES string of the molecule is COc1ccccc1-c1nc2c3c(cccc3n1)C(=O)C=C2. The van der Waals surface area contributed by atoms with Crippen LogP contribution in [0.5, 0.6) is 5.75 Å². The van der Waals surface area contributed by atoms with Crippen LogP contribution in [0.1, 0.15) is 16.1 Å². The number of aromatic nitrogens is 2. The van der Waals surface area contributed by atoms with Crippen LogP contribution in [0.25, 0.3) is 28.4 Å². The third-order valence-corrected chi connectivity index (χ3v) is 3.76. The molecule has 4 rings (SSSR count). The molecule has 1 aliphatic rings. The average molecular weight is 288 g/mol. The van der Waals surface area contributed by atoms with Crippen LogP contribution in [0.15, 0.2) is 48.5 Å². The molecule has 0 N–H and O–H groups in total. The molecule has 0 saturated heterocycles. The predicted octanol–water partition coefficient (Wildman–Crippen LogP) is 3.51. The number of hydrogen-bond acceptors (Lipinski definition) is 4. The van der Waals surface area contributed by atoms with Gasteiger partial charge in [-0.3, -0.25) is 4.79 Å². The minimum absolute atomic E-state index is 0.00765. The van der Waals surface area contributed by atoms with E-state index in [9.17, 15) is 4.79 Å². The van der Waals surface area contributed by atoms with Crippen LogP contribution in [-0.4, -0.2) is 22.9 Å². The highest BCUT2D eigenvalue weighted by Crippen LogP contribution is 2.32. The Morgan fingerprint density at radius 3 is 2.59 bits per heavy atom. The highest BCUT2D eigenvalue weighted by Gasteiger charge is 2.18. The van der Waals surface area contributed by atoms with Gasteiger partial charge in [0.05, 0.1) is 23.9 Å². The quantitative estimate of drug-likeness (QED) is 0.724. The highest BCUT2D eigenvalue weighted by molar-refractivity contribution is 6.19. The molecule has 0 fully saturated rings. The fourth-order valence-electron chi connectivity index (χ4n) is 2.73. The Morgan fingerprint density at radius 2 is 1.73 bits per heavy atom. The molecule has 4 heteroatoms. The van der Waals surface area contributed by atoms with Crippen LogP contribution in [0.2, 0.25) is 0 Å². The van der Waals surface area contributed by atoms with E-state index in [0.717, 1.165) is 27.9 Å². The van der Waals surface area contributed by atoms with Gasteiger partial charge in [0.15, 0.2) is 11.6 Å². The van der Waals surface area contributed by atoms with E-state index in [2.05, 4.69) is 9.97 Å². The van der Waals surface area contributed by atoms with Gasteiger partial charge >= 0.3 is 0 Å². The van der Waals surface area contributed by atoms with Crippen LogP contribution in [0, 0.1) is 0 Å². The molecule has 1 aliphatic carbocycles. The lowest BCUT2D eigenvalue weighted by Crippen LogP contribution is -2.05. The highest BCUT2D eigenvalue weighted by atomic mass is 16.5. The van der Waals surface area contributed by atoms with Gasteiger partial charge < -0.3 is 4.74 Å². The van der Waals surface area contributed by atoms with Gasteiger partial charge in [0, 0.05) is 10.9 Å². The van der Waals surface area contributed by atoms with E-state index in [-0.39, 0.29) is 5.78 Å². The lowest BCUT2D eigenvalue weighted by atomic mass is 9.97. The van der Waals surface area contributed by atoms with E-state index in [1.54, 1.807) is 19.3 Å². The molecular formula is C18H12N2O2. The Bertz CT molecular complexity index is 945. The molecule has 0 bridgehead atoms. The second-order valence-corrected chi connectivity index (χ2v) is 5.03. The molecule has 1 heterocycles. The third kappa shape index (κ3) is 1.81. The first-order valence-electron chi connectivity index (χ1n) is 6.94. The molecule has 0 unspecified atom stereocenters. The van der Waals surface area contributed by atoms with Crippen molar-refractivity contribution in [2.75, 3.05) is 7.11 Å². The molecule has 3 aromatic rings. The number of nitrogens with zero attached hydrogens (tertiary/aromatic N) is 2. The monoisotopic (exact) mass is 288 g/mol. The van der Waals surface area contributed by atoms with E-state index in [4.69, 9.17) is 4.74 Å². The molecule has 0 aliphatic heterocycles.